The average molecular weight is 341 g/mol. The van der Waals surface area contributed by atoms with Crippen LogP contribution in [0.25, 0.3) is 0 Å². The van der Waals surface area contributed by atoms with Crippen molar-refractivity contribution < 1.29 is 12.8 Å². The molecule has 0 saturated heterocycles. The topological polar surface area (TPSA) is 57.9 Å². The summed E-state index contributed by atoms with van der Waals surface area (Å²) in [5.41, 5.74) is -0.947. The Hall–Kier alpha value is -0.640. The van der Waals surface area contributed by atoms with Crippen molar-refractivity contribution in [1.29, 1.82) is 5.26 Å². The number of nitriles is 1. The second-order valence-corrected chi connectivity index (χ2v) is 7.33. The van der Waals surface area contributed by atoms with E-state index in [0.717, 1.165) is 6.07 Å². The summed E-state index contributed by atoms with van der Waals surface area (Å²) in [7, 11) is 1.12. The van der Waals surface area contributed by atoms with Gasteiger partial charge in [0, 0.05) is 20.7 Å². The zero-order valence-electron chi connectivity index (χ0n) is 8.96. The fraction of sp³-hybridized carbons (Fsp3) is 0.300. The molecule has 1 rings (SSSR count). The minimum Gasteiger partial charge on any atom is -0.207 e. The van der Waals surface area contributed by atoms with Gasteiger partial charge in [-0.3, -0.25) is 0 Å². The first-order valence-electron chi connectivity index (χ1n) is 4.45. The molecule has 7 heteroatoms. The van der Waals surface area contributed by atoms with Gasteiger partial charge in [-0.15, -0.1) is 0 Å². The summed E-state index contributed by atoms with van der Waals surface area (Å²) >= 11 is 3.00. The van der Waals surface area contributed by atoms with Gasteiger partial charge in [0.1, 0.15) is 5.82 Å². The van der Waals surface area contributed by atoms with Gasteiger partial charge in [0.2, 0.25) is 0 Å². The van der Waals surface area contributed by atoms with Gasteiger partial charge < -0.3 is 0 Å². The van der Waals surface area contributed by atoms with Gasteiger partial charge in [0.15, 0.2) is 0 Å². The normalized spacial score (nSPS) is 12.2. The fourth-order valence-corrected chi connectivity index (χ4v) is 3.44. The van der Waals surface area contributed by atoms with Gasteiger partial charge in [0.25, 0.3) is 9.05 Å². The number of hydrogen-bond acceptors (Lipinski definition) is 3. The van der Waals surface area contributed by atoms with E-state index in [2.05, 4.69) is 15.9 Å². The van der Waals surface area contributed by atoms with E-state index in [-0.39, 0.29) is 14.9 Å². The fourth-order valence-electron chi connectivity index (χ4n) is 1.25. The average Bonchev–Trinajstić information content (AvgIpc) is 2.19. The summed E-state index contributed by atoms with van der Waals surface area (Å²) in [4.78, 5) is -0.353. The highest BCUT2D eigenvalue weighted by Gasteiger charge is 2.27. The molecule has 0 N–H and O–H groups in total. The summed E-state index contributed by atoms with van der Waals surface area (Å²) in [6.07, 6.45) is 0. The molecule has 0 atom stereocenters. The largest absolute Gasteiger partial charge is 0.262 e. The molecule has 3 nitrogen and oxygen atoms in total. The van der Waals surface area contributed by atoms with Gasteiger partial charge in [0.05, 0.1) is 16.4 Å². The van der Waals surface area contributed by atoms with Crippen LogP contribution in [-0.2, 0) is 14.5 Å². The van der Waals surface area contributed by atoms with Crippen molar-refractivity contribution in [2.24, 2.45) is 0 Å². The monoisotopic (exact) mass is 339 g/mol. The maximum Gasteiger partial charge on any atom is 0.262 e. The molecule has 0 aliphatic heterocycles. The molecule has 0 heterocycles. The molecular weight excluding hydrogens is 333 g/mol. The van der Waals surface area contributed by atoms with Gasteiger partial charge in [-0.25, -0.2) is 12.8 Å². The van der Waals surface area contributed by atoms with Gasteiger partial charge >= 0.3 is 0 Å². The van der Waals surface area contributed by atoms with Crippen LogP contribution in [0.1, 0.15) is 19.4 Å². The molecule has 1 aromatic rings. The van der Waals surface area contributed by atoms with Crippen LogP contribution in [0.15, 0.2) is 21.5 Å². The van der Waals surface area contributed by atoms with E-state index in [9.17, 15) is 12.8 Å². The molecule has 0 fully saturated rings. The molecular formula is C10H8BrClFNO2S. The Labute approximate surface area is 112 Å². The molecule has 1 aromatic carbocycles. The zero-order valence-corrected chi connectivity index (χ0v) is 12.1. The van der Waals surface area contributed by atoms with Crippen molar-refractivity contribution in [1.82, 2.24) is 0 Å². The maximum atomic E-state index is 13.7. The van der Waals surface area contributed by atoms with Crippen LogP contribution < -0.4 is 0 Å². The highest BCUT2D eigenvalue weighted by molar-refractivity contribution is 9.10. The molecule has 92 valence electrons. The lowest BCUT2D eigenvalue weighted by Crippen LogP contribution is -2.16. The van der Waals surface area contributed by atoms with Crippen LogP contribution >= 0.6 is 26.6 Å². The highest BCUT2D eigenvalue weighted by Crippen LogP contribution is 2.33. The number of halogens is 3. The third kappa shape index (κ3) is 2.97. The van der Waals surface area contributed by atoms with E-state index in [1.165, 1.54) is 19.9 Å². The Bertz CT molecular complexity index is 607. The van der Waals surface area contributed by atoms with Crippen molar-refractivity contribution in [3.63, 3.8) is 0 Å². The molecule has 0 unspecified atom stereocenters. The first kappa shape index (κ1) is 14.4. The standard InChI is InChI=1S/C10H8BrClFNO2S/c1-10(2,5-14)6-3-7(11)9(4-8(6)13)17(12,15)16/h3-4H,1-2H3. The van der Waals surface area contributed by atoms with Crippen molar-refractivity contribution in [2.45, 2.75) is 24.2 Å². The van der Waals surface area contributed by atoms with Crippen LogP contribution in [0.4, 0.5) is 4.39 Å². The Kier molecular flexibility index (Phi) is 3.87. The smallest absolute Gasteiger partial charge is 0.207 e. The van der Waals surface area contributed by atoms with Gasteiger partial charge in [-0.1, -0.05) is 0 Å². The quantitative estimate of drug-likeness (QED) is 0.776. The van der Waals surface area contributed by atoms with E-state index >= 15 is 0 Å². The van der Waals surface area contributed by atoms with Crippen molar-refractivity contribution in [2.75, 3.05) is 0 Å². The third-order valence-corrected chi connectivity index (χ3v) is 4.52. The predicted octanol–water partition coefficient (Wildman–Crippen LogP) is 3.32. The zero-order chi connectivity index (χ0) is 13.4. The lowest BCUT2D eigenvalue weighted by atomic mass is 9.86. The maximum absolute atomic E-state index is 13.7. The lowest BCUT2D eigenvalue weighted by Gasteiger charge is -2.17. The molecule has 0 aliphatic carbocycles. The van der Waals surface area contributed by atoms with Crippen LogP contribution in [0, 0.1) is 17.1 Å². The van der Waals surface area contributed by atoms with E-state index in [4.69, 9.17) is 15.9 Å². The Morgan fingerprint density at radius 3 is 2.41 bits per heavy atom. The van der Waals surface area contributed by atoms with Crippen LogP contribution in [0.2, 0.25) is 0 Å². The molecule has 0 radical (unpaired) electrons. The Morgan fingerprint density at radius 2 is 2.00 bits per heavy atom. The van der Waals surface area contributed by atoms with E-state index in [0.29, 0.717) is 0 Å². The van der Waals surface area contributed by atoms with E-state index in [1.807, 2.05) is 6.07 Å². The minimum absolute atomic E-state index is 0.107. The van der Waals surface area contributed by atoms with E-state index < -0.39 is 20.3 Å². The highest BCUT2D eigenvalue weighted by atomic mass is 79.9. The molecule has 0 spiro atoms. The summed E-state index contributed by atoms with van der Waals surface area (Å²) in [5, 5.41) is 8.92. The van der Waals surface area contributed by atoms with Crippen LogP contribution in [-0.4, -0.2) is 8.42 Å². The first-order chi connectivity index (χ1) is 7.59. The van der Waals surface area contributed by atoms with Gasteiger partial charge in [-0.05, 0) is 41.9 Å². The second-order valence-electron chi connectivity index (χ2n) is 3.94. The molecule has 0 aromatic heterocycles. The second kappa shape index (κ2) is 4.56. The lowest BCUT2D eigenvalue weighted by molar-refractivity contribution is 0.558. The van der Waals surface area contributed by atoms with Gasteiger partial charge in [-0.2, -0.15) is 5.26 Å². The number of hydrogen-bond donors (Lipinski definition) is 0. The Balaban J connectivity index is 3.56. The number of nitrogens with zero attached hydrogens (tertiary/aromatic N) is 1. The molecule has 0 amide bonds. The number of rotatable bonds is 2. The Morgan fingerprint density at radius 1 is 1.47 bits per heavy atom. The molecule has 0 bridgehead atoms. The SMILES string of the molecule is CC(C)(C#N)c1cc(Br)c(S(=O)(=O)Cl)cc1F. The third-order valence-electron chi connectivity index (χ3n) is 2.24. The van der Waals surface area contributed by atoms with E-state index in [1.54, 1.807) is 0 Å². The van der Waals surface area contributed by atoms with Crippen LogP contribution in [0.3, 0.4) is 0 Å². The summed E-state index contributed by atoms with van der Waals surface area (Å²) in [6, 6.07) is 4.00. The minimum atomic E-state index is -4.02. The molecule has 0 saturated carbocycles. The van der Waals surface area contributed by atoms with Crippen molar-refractivity contribution in [3.05, 3.63) is 28.0 Å². The summed E-state index contributed by atoms with van der Waals surface area (Å²) < 4.78 is 36.2. The van der Waals surface area contributed by atoms with Crippen LogP contribution in [0.5, 0.6) is 0 Å². The molecule has 0 aliphatic rings. The predicted molar refractivity (Wildman–Crippen MR) is 65.8 cm³/mol. The molecule has 17 heavy (non-hydrogen) atoms. The van der Waals surface area contributed by atoms with Crippen molar-refractivity contribution in [3.8, 4) is 6.07 Å². The summed E-state index contributed by atoms with van der Waals surface area (Å²) in [5.74, 6) is -0.779. The van der Waals surface area contributed by atoms with Crippen molar-refractivity contribution >= 4 is 35.7 Å². The summed E-state index contributed by atoms with van der Waals surface area (Å²) in [6.45, 7) is 3.07. The number of benzene rings is 1. The first-order valence-corrected chi connectivity index (χ1v) is 7.55.